The van der Waals surface area contributed by atoms with E-state index in [1.807, 2.05) is 13.0 Å². The fraction of sp³-hybridized carbons (Fsp3) is 0.462. The van der Waals surface area contributed by atoms with E-state index in [9.17, 15) is 4.79 Å². The Morgan fingerprint density at radius 3 is 2.36 bits per heavy atom. The second kappa shape index (κ2) is 11.7. The number of rotatable bonds is 5. The lowest BCUT2D eigenvalue weighted by atomic mass is 10.1. The zero-order valence-electron chi connectivity index (χ0n) is 9.47. The lowest BCUT2D eigenvalue weighted by molar-refractivity contribution is -0.115. The van der Waals surface area contributed by atoms with Crippen LogP contribution in [-0.4, -0.2) is 5.78 Å². The van der Waals surface area contributed by atoms with Gasteiger partial charge in [0.05, 0.1) is 0 Å². The fourth-order valence-corrected chi connectivity index (χ4v) is 0.874. The van der Waals surface area contributed by atoms with Gasteiger partial charge in [0.1, 0.15) is 0 Å². The number of unbranched alkanes of at least 4 members (excludes halogenated alkanes) is 1. The molecule has 0 radical (unpaired) electrons. The third kappa shape index (κ3) is 8.80. The zero-order valence-corrected chi connectivity index (χ0v) is 9.47. The molecule has 0 N–H and O–H groups in total. The molecule has 0 bridgehead atoms. The summed E-state index contributed by atoms with van der Waals surface area (Å²) in [6.07, 6.45) is 10.7. The van der Waals surface area contributed by atoms with Crippen molar-refractivity contribution in [1.82, 2.24) is 0 Å². The van der Waals surface area contributed by atoms with Gasteiger partial charge in [-0.25, -0.2) is 0 Å². The number of carbonyl (C=O) groups excluding carboxylic acids is 1. The molecule has 0 aliphatic rings. The summed E-state index contributed by atoms with van der Waals surface area (Å²) in [6.45, 7) is 9.17. The summed E-state index contributed by atoms with van der Waals surface area (Å²) in [5, 5.41) is 0. The molecule has 0 saturated heterocycles. The Morgan fingerprint density at radius 1 is 1.57 bits per heavy atom. The van der Waals surface area contributed by atoms with Gasteiger partial charge < -0.3 is 0 Å². The molecule has 0 fully saturated rings. The summed E-state index contributed by atoms with van der Waals surface area (Å²) in [7, 11) is 0. The number of terminal acetylenes is 1. The molecule has 0 atom stereocenters. The maximum atomic E-state index is 11.2. The van der Waals surface area contributed by atoms with Crippen LogP contribution in [0, 0.1) is 12.3 Å². The molecule has 1 heteroatoms. The van der Waals surface area contributed by atoms with Crippen molar-refractivity contribution in [2.45, 2.75) is 40.0 Å². The van der Waals surface area contributed by atoms with Crippen molar-refractivity contribution in [3.63, 3.8) is 0 Å². The lowest BCUT2D eigenvalue weighted by Crippen LogP contribution is -1.99. The first kappa shape index (κ1) is 15.2. The number of hydrogen-bond acceptors (Lipinski definition) is 1. The third-order valence-electron chi connectivity index (χ3n) is 1.61. The maximum Gasteiger partial charge on any atom is 0.162 e. The molecule has 0 amide bonds. The first-order valence-corrected chi connectivity index (χ1v) is 4.87. The molecule has 14 heavy (non-hydrogen) atoms. The van der Waals surface area contributed by atoms with E-state index in [-0.39, 0.29) is 5.78 Å². The van der Waals surface area contributed by atoms with Crippen molar-refractivity contribution < 1.29 is 4.79 Å². The van der Waals surface area contributed by atoms with Gasteiger partial charge >= 0.3 is 0 Å². The van der Waals surface area contributed by atoms with Crippen molar-refractivity contribution in [1.29, 1.82) is 0 Å². The molecule has 0 heterocycles. The lowest BCUT2D eigenvalue weighted by Gasteiger charge is -1.97. The minimum atomic E-state index is 0.212. The normalized spacial score (nSPS) is 9.43. The molecule has 0 spiro atoms. The monoisotopic (exact) mass is 192 g/mol. The standard InChI is InChI=1S/C10H16O.C3H4/c1-4-7-8-10(11)9(5-2)6-3;1-3-2/h5-6H,2,4,7-8H2,1,3H3;1H,2H3/b9-6+;. The fourth-order valence-electron chi connectivity index (χ4n) is 0.874. The van der Waals surface area contributed by atoms with Gasteiger partial charge in [0.2, 0.25) is 0 Å². The molecule has 0 aromatic heterocycles. The van der Waals surface area contributed by atoms with Gasteiger partial charge in [-0.2, -0.15) is 0 Å². The highest BCUT2D eigenvalue weighted by Gasteiger charge is 2.02. The molecule has 0 aromatic rings. The van der Waals surface area contributed by atoms with Crippen molar-refractivity contribution in [2.75, 3.05) is 0 Å². The van der Waals surface area contributed by atoms with Crippen molar-refractivity contribution in [2.24, 2.45) is 0 Å². The third-order valence-corrected chi connectivity index (χ3v) is 1.61. The van der Waals surface area contributed by atoms with E-state index in [1.165, 1.54) is 0 Å². The van der Waals surface area contributed by atoms with Crippen LogP contribution in [0.5, 0.6) is 0 Å². The van der Waals surface area contributed by atoms with Crippen molar-refractivity contribution in [3.8, 4) is 12.3 Å². The van der Waals surface area contributed by atoms with Crippen LogP contribution in [-0.2, 0) is 4.79 Å². The SMILES string of the molecule is C#CC.C=C/C(=C\C)C(=O)CCCC. The van der Waals surface area contributed by atoms with Gasteiger partial charge in [0.25, 0.3) is 0 Å². The van der Waals surface area contributed by atoms with Crippen molar-refractivity contribution in [3.05, 3.63) is 24.3 Å². The molecule has 0 unspecified atom stereocenters. The minimum absolute atomic E-state index is 0.212. The highest BCUT2D eigenvalue weighted by atomic mass is 16.1. The van der Waals surface area contributed by atoms with Gasteiger partial charge in [-0.1, -0.05) is 32.1 Å². The van der Waals surface area contributed by atoms with E-state index in [2.05, 4.69) is 25.8 Å². The maximum absolute atomic E-state index is 11.2. The molecular formula is C13H20O. The molecule has 0 aliphatic carbocycles. The first-order chi connectivity index (χ1) is 6.67. The Kier molecular flexibility index (Phi) is 12.7. The summed E-state index contributed by atoms with van der Waals surface area (Å²) in [6, 6.07) is 0. The summed E-state index contributed by atoms with van der Waals surface area (Å²) in [5.41, 5.74) is 0.749. The molecule has 1 nitrogen and oxygen atoms in total. The van der Waals surface area contributed by atoms with Crippen LogP contribution in [0.25, 0.3) is 0 Å². The summed E-state index contributed by atoms with van der Waals surface area (Å²) < 4.78 is 0. The van der Waals surface area contributed by atoms with Gasteiger partial charge in [-0.05, 0) is 20.3 Å². The molecule has 78 valence electrons. The quantitative estimate of drug-likeness (QED) is 0.370. The summed E-state index contributed by atoms with van der Waals surface area (Å²) in [5.74, 6) is 2.46. The number of carbonyl (C=O) groups is 1. The molecule has 0 aromatic carbocycles. The van der Waals surface area contributed by atoms with E-state index in [4.69, 9.17) is 0 Å². The number of hydrogen-bond donors (Lipinski definition) is 0. The number of ketones is 1. The molecule has 0 aliphatic heterocycles. The highest BCUT2D eigenvalue weighted by Crippen LogP contribution is 2.04. The van der Waals surface area contributed by atoms with Gasteiger partial charge in [-0.15, -0.1) is 12.3 Å². The summed E-state index contributed by atoms with van der Waals surface area (Å²) >= 11 is 0. The smallest absolute Gasteiger partial charge is 0.162 e. The van der Waals surface area contributed by atoms with Crippen LogP contribution in [0.15, 0.2) is 24.3 Å². The Labute approximate surface area is 87.9 Å². The number of Topliss-reactive ketones (excluding diaryl/α,β-unsaturated/α-hetero) is 1. The van der Waals surface area contributed by atoms with Crippen molar-refractivity contribution >= 4 is 5.78 Å². The van der Waals surface area contributed by atoms with Crippen LogP contribution in [0.3, 0.4) is 0 Å². The topological polar surface area (TPSA) is 17.1 Å². The first-order valence-electron chi connectivity index (χ1n) is 4.87. The van der Waals surface area contributed by atoms with Crippen LogP contribution in [0.2, 0.25) is 0 Å². The van der Waals surface area contributed by atoms with Crippen LogP contribution >= 0.6 is 0 Å². The average Bonchev–Trinajstić information content (AvgIpc) is 2.18. The summed E-state index contributed by atoms with van der Waals surface area (Å²) in [4.78, 5) is 11.2. The van der Waals surface area contributed by atoms with Crippen LogP contribution in [0.4, 0.5) is 0 Å². The molecular weight excluding hydrogens is 172 g/mol. The van der Waals surface area contributed by atoms with E-state index in [0.717, 1.165) is 18.4 Å². The second-order valence-corrected chi connectivity index (χ2v) is 2.76. The Balaban J connectivity index is 0. The van der Waals surface area contributed by atoms with Crippen LogP contribution in [0.1, 0.15) is 40.0 Å². The van der Waals surface area contributed by atoms with E-state index in [1.54, 1.807) is 13.0 Å². The Hall–Kier alpha value is -1.29. The Morgan fingerprint density at radius 2 is 2.07 bits per heavy atom. The van der Waals surface area contributed by atoms with Gasteiger partial charge in [0.15, 0.2) is 5.78 Å². The highest BCUT2D eigenvalue weighted by molar-refractivity contribution is 5.97. The van der Waals surface area contributed by atoms with Gasteiger partial charge in [0, 0.05) is 12.0 Å². The van der Waals surface area contributed by atoms with E-state index >= 15 is 0 Å². The predicted octanol–water partition coefficient (Wildman–Crippen LogP) is 3.52. The van der Waals surface area contributed by atoms with E-state index in [0.29, 0.717) is 6.42 Å². The molecule has 0 rings (SSSR count). The number of allylic oxidation sites excluding steroid dienone is 3. The zero-order chi connectivity index (χ0) is 11.4. The van der Waals surface area contributed by atoms with E-state index < -0.39 is 0 Å². The second-order valence-electron chi connectivity index (χ2n) is 2.76. The Bertz CT molecular complexity index is 228. The molecule has 0 saturated carbocycles. The average molecular weight is 192 g/mol. The largest absolute Gasteiger partial charge is 0.294 e. The van der Waals surface area contributed by atoms with Gasteiger partial charge in [-0.3, -0.25) is 4.79 Å². The van der Waals surface area contributed by atoms with Crippen LogP contribution < -0.4 is 0 Å². The predicted molar refractivity (Wildman–Crippen MR) is 63.0 cm³/mol. The minimum Gasteiger partial charge on any atom is -0.294 e.